The van der Waals surface area contributed by atoms with E-state index >= 15 is 0 Å². The maximum atomic E-state index is 13.1. The van der Waals surface area contributed by atoms with Gasteiger partial charge < -0.3 is 10.2 Å². The Hall–Kier alpha value is -2.94. The Morgan fingerprint density at radius 1 is 0.971 bits per heavy atom. The standard InChI is InChI=1S/C26H23F3N2O2S/c27-26(28,29)20-5-3-4-19(15-20)25(33)10-12-31(13-11-25)16-18-14-17(8-9-22(18)32)24-30-21-6-1-2-7-23(21)34-24/h1-9,14-15,32-33H,10-13,16H2. The maximum Gasteiger partial charge on any atom is 0.416 e. The Kier molecular flexibility index (Phi) is 5.83. The number of halogens is 3. The number of likely N-dealkylation sites (tertiary alicyclic amines) is 1. The third kappa shape index (κ3) is 4.53. The summed E-state index contributed by atoms with van der Waals surface area (Å²) in [5.74, 6) is 0.184. The fraction of sp³-hybridized carbons (Fsp3) is 0.269. The molecule has 1 aromatic heterocycles. The van der Waals surface area contributed by atoms with Gasteiger partial charge in [-0.05, 0) is 60.9 Å². The highest BCUT2D eigenvalue weighted by Crippen LogP contribution is 2.38. The Morgan fingerprint density at radius 3 is 2.47 bits per heavy atom. The maximum absolute atomic E-state index is 13.1. The summed E-state index contributed by atoms with van der Waals surface area (Å²) >= 11 is 1.59. The number of phenols is 1. The molecular weight excluding hydrogens is 461 g/mol. The van der Waals surface area contributed by atoms with Crippen molar-refractivity contribution in [3.63, 3.8) is 0 Å². The van der Waals surface area contributed by atoms with Crippen LogP contribution in [-0.4, -0.2) is 33.2 Å². The van der Waals surface area contributed by atoms with E-state index in [0.29, 0.717) is 38.0 Å². The topological polar surface area (TPSA) is 56.6 Å². The molecule has 4 nitrogen and oxygen atoms in total. The third-order valence-electron chi connectivity index (χ3n) is 6.42. The van der Waals surface area contributed by atoms with Crippen molar-refractivity contribution in [2.45, 2.75) is 31.2 Å². The van der Waals surface area contributed by atoms with Gasteiger partial charge in [-0.25, -0.2) is 4.98 Å². The minimum atomic E-state index is -4.45. The molecule has 176 valence electrons. The minimum Gasteiger partial charge on any atom is -0.508 e. The van der Waals surface area contributed by atoms with Crippen molar-refractivity contribution in [1.29, 1.82) is 0 Å². The SMILES string of the molecule is Oc1ccc(-c2nc3ccccc3s2)cc1CN1CCC(O)(c2cccc(C(F)(F)F)c2)CC1. The first-order valence-electron chi connectivity index (χ1n) is 11.0. The number of aromatic nitrogens is 1. The summed E-state index contributed by atoms with van der Waals surface area (Å²) in [6.07, 6.45) is -3.82. The Balaban J connectivity index is 1.31. The van der Waals surface area contributed by atoms with Crippen molar-refractivity contribution < 1.29 is 23.4 Å². The minimum absolute atomic E-state index is 0.184. The molecule has 0 radical (unpaired) electrons. The van der Waals surface area contributed by atoms with Crippen LogP contribution in [0.4, 0.5) is 13.2 Å². The van der Waals surface area contributed by atoms with Crippen LogP contribution >= 0.6 is 11.3 Å². The lowest BCUT2D eigenvalue weighted by Crippen LogP contribution is -2.42. The van der Waals surface area contributed by atoms with Gasteiger partial charge >= 0.3 is 6.18 Å². The van der Waals surface area contributed by atoms with Gasteiger partial charge in [0.25, 0.3) is 0 Å². The Bertz CT molecular complexity index is 1290. The number of alkyl halides is 3. The largest absolute Gasteiger partial charge is 0.508 e. The van der Waals surface area contributed by atoms with Crippen LogP contribution in [0.25, 0.3) is 20.8 Å². The average molecular weight is 485 g/mol. The number of hydrogen-bond donors (Lipinski definition) is 2. The second-order valence-electron chi connectivity index (χ2n) is 8.72. The molecule has 2 N–H and O–H groups in total. The van der Waals surface area contributed by atoms with Crippen molar-refractivity contribution >= 4 is 21.6 Å². The van der Waals surface area contributed by atoms with Gasteiger partial charge in [-0.3, -0.25) is 4.90 Å². The van der Waals surface area contributed by atoms with Crippen molar-refractivity contribution in [2.75, 3.05) is 13.1 Å². The Morgan fingerprint density at radius 2 is 1.74 bits per heavy atom. The number of benzene rings is 3. The molecule has 34 heavy (non-hydrogen) atoms. The second kappa shape index (κ2) is 8.69. The monoisotopic (exact) mass is 484 g/mol. The third-order valence-corrected chi connectivity index (χ3v) is 7.51. The number of rotatable bonds is 4. The summed E-state index contributed by atoms with van der Waals surface area (Å²) in [5.41, 5.74) is 0.845. The van der Waals surface area contributed by atoms with E-state index in [9.17, 15) is 23.4 Å². The average Bonchev–Trinajstić information content (AvgIpc) is 3.26. The zero-order chi connectivity index (χ0) is 23.9. The fourth-order valence-corrected chi connectivity index (χ4v) is 5.40. The summed E-state index contributed by atoms with van der Waals surface area (Å²) in [5, 5.41) is 22.4. The fourth-order valence-electron chi connectivity index (χ4n) is 4.44. The molecule has 4 aromatic rings. The van der Waals surface area contributed by atoms with Crippen LogP contribution in [-0.2, 0) is 18.3 Å². The molecule has 0 spiro atoms. The number of phenolic OH excluding ortho intramolecular Hbond substituents is 1. The number of nitrogens with zero attached hydrogens (tertiary/aromatic N) is 2. The summed E-state index contributed by atoms with van der Waals surface area (Å²) in [6.45, 7) is 1.47. The van der Waals surface area contributed by atoms with E-state index in [0.717, 1.165) is 38.5 Å². The first-order chi connectivity index (χ1) is 16.2. The number of aromatic hydroxyl groups is 1. The lowest BCUT2D eigenvalue weighted by atomic mass is 9.83. The van der Waals surface area contributed by atoms with Gasteiger partial charge in [-0.15, -0.1) is 11.3 Å². The summed E-state index contributed by atoms with van der Waals surface area (Å²) < 4.78 is 40.4. The predicted molar refractivity (Wildman–Crippen MR) is 127 cm³/mol. The van der Waals surface area contributed by atoms with E-state index in [1.165, 1.54) is 6.07 Å². The van der Waals surface area contributed by atoms with E-state index in [1.807, 2.05) is 36.4 Å². The molecule has 5 rings (SSSR count). The molecule has 1 aliphatic heterocycles. The van der Waals surface area contributed by atoms with Crippen LogP contribution in [0.15, 0.2) is 66.7 Å². The van der Waals surface area contributed by atoms with Crippen LogP contribution in [0.5, 0.6) is 5.75 Å². The number of hydrogen-bond acceptors (Lipinski definition) is 5. The molecule has 1 aliphatic rings. The normalized spacial score (nSPS) is 16.7. The van der Waals surface area contributed by atoms with E-state index in [4.69, 9.17) is 0 Å². The molecule has 3 aromatic carbocycles. The molecule has 8 heteroatoms. The quantitative estimate of drug-likeness (QED) is 0.364. The molecule has 1 saturated heterocycles. The molecule has 0 unspecified atom stereocenters. The Labute approximate surface area is 198 Å². The predicted octanol–water partition coefficient (Wildman–Crippen LogP) is 6.17. The van der Waals surface area contributed by atoms with Crippen LogP contribution in [0, 0.1) is 0 Å². The number of thiazole rings is 1. The molecule has 1 fully saturated rings. The van der Waals surface area contributed by atoms with E-state index < -0.39 is 17.3 Å². The van der Waals surface area contributed by atoms with Gasteiger partial charge in [0, 0.05) is 30.8 Å². The summed E-state index contributed by atoms with van der Waals surface area (Å²) in [6, 6.07) is 18.3. The van der Waals surface area contributed by atoms with Crippen LogP contribution in [0.2, 0.25) is 0 Å². The zero-order valence-electron chi connectivity index (χ0n) is 18.2. The lowest BCUT2D eigenvalue weighted by Gasteiger charge is -2.38. The van der Waals surface area contributed by atoms with Gasteiger partial charge in [0.1, 0.15) is 10.8 Å². The number of fused-ring (bicyclic) bond motifs is 1. The van der Waals surface area contributed by atoms with E-state index in [-0.39, 0.29) is 5.75 Å². The molecular formula is C26H23F3N2O2S. The zero-order valence-corrected chi connectivity index (χ0v) is 19.0. The van der Waals surface area contributed by atoms with Gasteiger partial charge in [0.15, 0.2) is 0 Å². The molecule has 2 heterocycles. The highest BCUT2D eigenvalue weighted by atomic mass is 32.1. The van der Waals surface area contributed by atoms with Crippen molar-refractivity contribution in [2.24, 2.45) is 0 Å². The number of para-hydroxylation sites is 1. The first-order valence-corrected chi connectivity index (χ1v) is 11.8. The summed E-state index contributed by atoms with van der Waals surface area (Å²) in [7, 11) is 0. The summed E-state index contributed by atoms with van der Waals surface area (Å²) in [4.78, 5) is 6.78. The van der Waals surface area contributed by atoms with Crippen LogP contribution in [0.3, 0.4) is 0 Å². The lowest BCUT2D eigenvalue weighted by molar-refractivity contribution is -0.137. The highest BCUT2D eigenvalue weighted by Gasteiger charge is 2.37. The van der Waals surface area contributed by atoms with E-state index in [1.54, 1.807) is 23.5 Å². The highest BCUT2D eigenvalue weighted by molar-refractivity contribution is 7.21. The second-order valence-corrected chi connectivity index (χ2v) is 9.75. The van der Waals surface area contributed by atoms with Crippen LogP contribution < -0.4 is 0 Å². The van der Waals surface area contributed by atoms with Crippen LogP contribution in [0.1, 0.15) is 29.5 Å². The van der Waals surface area contributed by atoms with Gasteiger partial charge in [0.2, 0.25) is 0 Å². The molecule has 0 atom stereocenters. The van der Waals surface area contributed by atoms with Crippen molar-refractivity contribution in [1.82, 2.24) is 9.88 Å². The molecule has 0 amide bonds. The van der Waals surface area contributed by atoms with Gasteiger partial charge in [-0.1, -0.05) is 24.3 Å². The molecule has 0 bridgehead atoms. The smallest absolute Gasteiger partial charge is 0.416 e. The number of aliphatic hydroxyl groups is 1. The van der Waals surface area contributed by atoms with Crippen molar-refractivity contribution in [3.05, 3.63) is 83.4 Å². The molecule has 0 saturated carbocycles. The van der Waals surface area contributed by atoms with E-state index in [2.05, 4.69) is 9.88 Å². The first kappa shape index (κ1) is 22.8. The van der Waals surface area contributed by atoms with Crippen molar-refractivity contribution in [3.8, 4) is 16.3 Å². The molecule has 0 aliphatic carbocycles. The number of piperidine rings is 1. The van der Waals surface area contributed by atoms with Gasteiger partial charge in [-0.2, -0.15) is 13.2 Å². The van der Waals surface area contributed by atoms with Gasteiger partial charge in [0.05, 0.1) is 21.4 Å².